The first kappa shape index (κ1) is 10.6. The lowest BCUT2D eigenvalue weighted by Gasteiger charge is -2.18. The highest BCUT2D eigenvalue weighted by molar-refractivity contribution is 5.57. The number of benzene rings is 1. The summed E-state index contributed by atoms with van der Waals surface area (Å²) in [5.41, 5.74) is 2.28. The monoisotopic (exact) mass is 216 g/mol. The number of hydrogen-bond donors (Lipinski definition) is 1. The average molecular weight is 216 g/mol. The summed E-state index contributed by atoms with van der Waals surface area (Å²) in [7, 11) is 3.98. The Bertz CT molecular complexity index is 437. The van der Waals surface area contributed by atoms with E-state index < -0.39 is 0 Å². The highest BCUT2D eigenvalue weighted by atomic mass is 16.3. The quantitative estimate of drug-likeness (QED) is 0.851. The van der Waals surface area contributed by atoms with Crippen molar-refractivity contribution in [2.24, 2.45) is 0 Å². The van der Waals surface area contributed by atoms with Gasteiger partial charge in [0.05, 0.1) is 12.8 Å². The van der Waals surface area contributed by atoms with Crippen LogP contribution in [0.2, 0.25) is 0 Å². The predicted octanol–water partition coefficient (Wildman–Crippen LogP) is 2.96. The number of rotatable bonds is 4. The molecule has 3 nitrogen and oxygen atoms in total. The Morgan fingerprint density at radius 1 is 1.25 bits per heavy atom. The van der Waals surface area contributed by atoms with Gasteiger partial charge in [-0.1, -0.05) is 6.07 Å². The van der Waals surface area contributed by atoms with Crippen LogP contribution < -0.4 is 10.2 Å². The minimum absolute atomic E-state index is 0.778. The maximum absolute atomic E-state index is 5.32. The van der Waals surface area contributed by atoms with Crippen LogP contribution in [0.15, 0.2) is 47.1 Å². The Hall–Kier alpha value is -1.90. The lowest BCUT2D eigenvalue weighted by Crippen LogP contribution is -2.15. The topological polar surface area (TPSA) is 28.4 Å². The lowest BCUT2D eigenvalue weighted by molar-refractivity contribution is 0.507. The van der Waals surface area contributed by atoms with Gasteiger partial charge in [-0.05, 0) is 30.3 Å². The van der Waals surface area contributed by atoms with Gasteiger partial charge in [0, 0.05) is 25.5 Å². The largest absolute Gasteiger partial charge is 0.467 e. The van der Waals surface area contributed by atoms with Crippen molar-refractivity contribution in [3.8, 4) is 0 Å². The van der Waals surface area contributed by atoms with Gasteiger partial charge < -0.3 is 14.6 Å². The molecule has 0 unspecified atom stereocenters. The number of furan rings is 1. The summed E-state index contributed by atoms with van der Waals surface area (Å²) in [5, 5.41) is 3.13. The molecule has 3 heteroatoms. The Morgan fingerprint density at radius 3 is 2.81 bits per heavy atom. The van der Waals surface area contributed by atoms with E-state index in [1.165, 1.54) is 5.69 Å². The van der Waals surface area contributed by atoms with Gasteiger partial charge in [0.15, 0.2) is 0 Å². The summed E-state index contributed by atoms with van der Waals surface area (Å²) in [4.78, 5) is 2.15. The summed E-state index contributed by atoms with van der Waals surface area (Å²) in [6.07, 6.45) is 1.70. The molecule has 0 spiro atoms. The first-order valence-corrected chi connectivity index (χ1v) is 5.31. The van der Waals surface area contributed by atoms with Gasteiger partial charge in [-0.3, -0.25) is 0 Å². The van der Waals surface area contributed by atoms with Crippen molar-refractivity contribution >= 4 is 11.4 Å². The van der Waals surface area contributed by atoms with Crippen molar-refractivity contribution in [3.63, 3.8) is 0 Å². The molecule has 2 aromatic rings. The van der Waals surface area contributed by atoms with Gasteiger partial charge >= 0.3 is 0 Å². The third kappa shape index (κ3) is 2.37. The third-order valence-electron chi connectivity index (χ3n) is 2.55. The number of hydrogen-bond acceptors (Lipinski definition) is 3. The first-order valence-electron chi connectivity index (χ1n) is 5.31. The van der Waals surface area contributed by atoms with Gasteiger partial charge in [-0.2, -0.15) is 0 Å². The summed E-state index contributed by atoms with van der Waals surface area (Å²) in [5.74, 6) is 0.970. The van der Waals surface area contributed by atoms with Gasteiger partial charge in [0.25, 0.3) is 0 Å². The zero-order valence-electron chi connectivity index (χ0n) is 9.60. The van der Waals surface area contributed by atoms with E-state index in [9.17, 15) is 0 Å². The molecule has 0 saturated carbocycles. The van der Waals surface area contributed by atoms with E-state index in [-0.39, 0.29) is 0 Å². The molecule has 2 rings (SSSR count). The van der Waals surface area contributed by atoms with Crippen LogP contribution in [0.4, 0.5) is 11.4 Å². The number of anilines is 2. The van der Waals surface area contributed by atoms with E-state index in [1.54, 1.807) is 6.26 Å². The number of nitrogens with one attached hydrogen (secondary N) is 1. The first-order chi connectivity index (χ1) is 7.79. The van der Waals surface area contributed by atoms with Crippen LogP contribution in [-0.2, 0) is 6.54 Å². The fraction of sp³-hybridized carbons (Fsp3) is 0.231. The lowest BCUT2D eigenvalue weighted by atomic mass is 10.2. The predicted molar refractivity (Wildman–Crippen MR) is 66.8 cm³/mol. The molecular weight excluding hydrogens is 200 g/mol. The molecule has 0 radical (unpaired) electrons. The summed E-state index contributed by atoms with van der Waals surface area (Å²) in [6.45, 7) is 0.778. The van der Waals surface area contributed by atoms with Crippen molar-refractivity contribution in [2.45, 2.75) is 6.54 Å². The Morgan fingerprint density at radius 2 is 2.12 bits per heavy atom. The van der Waals surface area contributed by atoms with Crippen molar-refractivity contribution in [1.82, 2.24) is 0 Å². The highest BCUT2D eigenvalue weighted by Gasteiger charge is 2.04. The molecule has 0 aliphatic heterocycles. The smallest absolute Gasteiger partial charge is 0.123 e. The van der Waals surface area contributed by atoms with Gasteiger partial charge in [-0.25, -0.2) is 0 Å². The normalized spacial score (nSPS) is 10.1. The van der Waals surface area contributed by atoms with Crippen LogP contribution >= 0.6 is 0 Å². The van der Waals surface area contributed by atoms with Crippen LogP contribution in [0, 0.1) is 0 Å². The van der Waals surface area contributed by atoms with Gasteiger partial charge in [-0.15, -0.1) is 0 Å². The molecule has 0 aliphatic rings. The zero-order valence-corrected chi connectivity index (χ0v) is 9.60. The number of nitrogens with zero attached hydrogens (tertiary/aromatic N) is 1. The second kappa shape index (κ2) is 4.75. The molecule has 84 valence electrons. The third-order valence-corrected chi connectivity index (χ3v) is 2.55. The standard InChI is InChI=1S/C13H16N2O/c1-14-11-5-3-6-12(9-11)15(2)10-13-7-4-8-16-13/h3-9,14H,10H2,1-2H3. The second-order valence-corrected chi connectivity index (χ2v) is 3.74. The molecule has 0 amide bonds. The van der Waals surface area contributed by atoms with Crippen LogP contribution in [0.1, 0.15) is 5.76 Å². The Kier molecular flexibility index (Phi) is 3.15. The van der Waals surface area contributed by atoms with Crippen LogP contribution in [-0.4, -0.2) is 14.1 Å². The summed E-state index contributed by atoms with van der Waals surface area (Å²) >= 11 is 0. The molecular formula is C13H16N2O. The molecule has 0 saturated heterocycles. The molecule has 16 heavy (non-hydrogen) atoms. The molecule has 1 aromatic carbocycles. The zero-order chi connectivity index (χ0) is 11.4. The van der Waals surface area contributed by atoms with E-state index in [4.69, 9.17) is 4.42 Å². The van der Waals surface area contributed by atoms with Crippen LogP contribution in [0.25, 0.3) is 0 Å². The van der Waals surface area contributed by atoms with E-state index in [0.29, 0.717) is 0 Å². The van der Waals surface area contributed by atoms with E-state index in [2.05, 4.69) is 29.4 Å². The molecule has 0 aliphatic carbocycles. The van der Waals surface area contributed by atoms with Gasteiger partial charge in [0.2, 0.25) is 0 Å². The van der Waals surface area contributed by atoms with Crippen molar-refractivity contribution < 1.29 is 4.42 Å². The van der Waals surface area contributed by atoms with Crippen molar-refractivity contribution in [1.29, 1.82) is 0 Å². The van der Waals surface area contributed by atoms with Gasteiger partial charge in [0.1, 0.15) is 5.76 Å². The fourth-order valence-corrected chi connectivity index (χ4v) is 1.63. The minimum atomic E-state index is 0.778. The molecule has 0 fully saturated rings. The Labute approximate surface area is 95.7 Å². The van der Waals surface area contributed by atoms with E-state index in [0.717, 1.165) is 18.0 Å². The Balaban J connectivity index is 2.11. The molecule has 1 aromatic heterocycles. The molecule has 1 heterocycles. The summed E-state index contributed by atoms with van der Waals surface area (Å²) in [6, 6.07) is 12.2. The van der Waals surface area contributed by atoms with Crippen LogP contribution in [0.5, 0.6) is 0 Å². The van der Waals surface area contributed by atoms with E-state index >= 15 is 0 Å². The van der Waals surface area contributed by atoms with Crippen LogP contribution in [0.3, 0.4) is 0 Å². The maximum Gasteiger partial charge on any atom is 0.123 e. The summed E-state index contributed by atoms with van der Waals surface area (Å²) < 4.78 is 5.32. The highest BCUT2D eigenvalue weighted by Crippen LogP contribution is 2.19. The fourth-order valence-electron chi connectivity index (χ4n) is 1.63. The SMILES string of the molecule is CNc1cccc(N(C)Cc2ccco2)c1. The molecule has 0 bridgehead atoms. The second-order valence-electron chi connectivity index (χ2n) is 3.74. The molecule has 0 atom stereocenters. The maximum atomic E-state index is 5.32. The van der Waals surface area contributed by atoms with E-state index in [1.807, 2.05) is 31.3 Å². The molecule has 1 N–H and O–H groups in total. The van der Waals surface area contributed by atoms with Crippen molar-refractivity contribution in [2.75, 3.05) is 24.3 Å². The average Bonchev–Trinajstić information content (AvgIpc) is 2.82. The van der Waals surface area contributed by atoms with Crippen molar-refractivity contribution in [3.05, 3.63) is 48.4 Å². The minimum Gasteiger partial charge on any atom is -0.467 e.